The summed E-state index contributed by atoms with van der Waals surface area (Å²) in [7, 11) is 0. The second kappa shape index (κ2) is 4.30. The molecule has 1 heterocycles. The summed E-state index contributed by atoms with van der Waals surface area (Å²) in [5.41, 5.74) is 0. The Morgan fingerprint density at radius 2 is 2.58 bits per heavy atom. The fourth-order valence-corrected chi connectivity index (χ4v) is 0.903. The van der Waals surface area contributed by atoms with Crippen LogP contribution in [0.25, 0.3) is 0 Å². The van der Waals surface area contributed by atoms with Crippen LogP contribution in [-0.2, 0) is 0 Å². The third-order valence-electron chi connectivity index (χ3n) is 1.35. The third kappa shape index (κ3) is 2.37. The van der Waals surface area contributed by atoms with Crippen LogP contribution in [0, 0.1) is 0 Å². The Labute approximate surface area is 79.3 Å². The van der Waals surface area contributed by atoms with Crippen LogP contribution in [0.1, 0.15) is 17.5 Å². The molecule has 1 amide bonds. The van der Waals surface area contributed by atoms with Crippen molar-refractivity contribution >= 4 is 21.8 Å². The summed E-state index contributed by atoms with van der Waals surface area (Å²) in [5, 5.41) is 3.49. The van der Waals surface area contributed by atoms with Crippen LogP contribution >= 0.6 is 15.9 Å². The van der Waals surface area contributed by atoms with E-state index in [2.05, 4.69) is 21.2 Å². The molecule has 0 aliphatic carbocycles. The predicted molar refractivity (Wildman–Crippen MR) is 49.4 cm³/mol. The number of nitrogens with one attached hydrogen (secondary N) is 1. The highest BCUT2D eigenvalue weighted by atomic mass is 79.9. The number of hydrogen-bond donors (Lipinski definition) is 1. The SMILES string of the molecule is CC(CBr)NC(=O)c1ccco1. The van der Waals surface area contributed by atoms with E-state index in [1.165, 1.54) is 6.26 Å². The van der Waals surface area contributed by atoms with Gasteiger partial charge in [0.15, 0.2) is 5.76 Å². The molecule has 0 saturated carbocycles. The van der Waals surface area contributed by atoms with Crippen molar-refractivity contribution in [2.45, 2.75) is 13.0 Å². The average molecular weight is 232 g/mol. The van der Waals surface area contributed by atoms with E-state index in [4.69, 9.17) is 4.42 Å². The molecule has 12 heavy (non-hydrogen) atoms. The van der Waals surface area contributed by atoms with Gasteiger partial charge < -0.3 is 9.73 Å². The van der Waals surface area contributed by atoms with Crippen LogP contribution in [-0.4, -0.2) is 17.3 Å². The Kier molecular flexibility index (Phi) is 3.34. The number of rotatable bonds is 3. The molecule has 1 rings (SSSR count). The average Bonchev–Trinajstić information content (AvgIpc) is 2.56. The normalized spacial score (nSPS) is 12.5. The van der Waals surface area contributed by atoms with Gasteiger partial charge in [0.25, 0.3) is 5.91 Å². The number of hydrogen-bond acceptors (Lipinski definition) is 2. The minimum absolute atomic E-state index is 0.114. The molecule has 1 unspecified atom stereocenters. The second-order valence-corrected chi connectivity index (χ2v) is 3.15. The van der Waals surface area contributed by atoms with Gasteiger partial charge in [0.2, 0.25) is 0 Å². The molecule has 66 valence electrons. The first-order chi connectivity index (χ1) is 5.74. The summed E-state index contributed by atoms with van der Waals surface area (Å²) in [6, 6.07) is 3.44. The van der Waals surface area contributed by atoms with Crippen LogP contribution in [0.15, 0.2) is 22.8 Å². The Morgan fingerprint density at radius 1 is 1.83 bits per heavy atom. The molecule has 0 aromatic carbocycles. The first kappa shape index (κ1) is 9.32. The van der Waals surface area contributed by atoms with Gasteiger partial charge in [-0.25, -0.2) is 0 Å². The first-order valence-electron chi connectivity index (χ1n) is 3.64. The topological polar surface area (TPSA) is 42.2 Å². The Bertz CT molecular complexity index is 246. The van der Waals surface area contributed by atoms with Crippen molar-refractivity contribution in [3.8, 4) is 0 Å². The van der Waals surface area contributed by atoms with Crippen LogP contribution < -0.4 is 5.32 Å². The number of amides is 1. The maximum atomic E-state index is 11.2. The van der Waals surface area contributed by atoms with Crippen LogP contribution in [0.4, 0.5) is 0 Å². The van der Waals surface area contributed by atoms with E-state index >= 15 is 0 Å². The second-order valence-electron chi connectivity index (χ2n) is 2.51. The summed E-state index contributed by atoms with van der Waals surface area (Å²) in [4.78, 5) is 11.2. The highest BCUT2D eigenvalue weighted by Gasteiger charge is 2.10. The van der Waals surface area contributed by atoms with Gasteiger partial charge >= 0.3 is 0 Å². The molecule has 0 spiro atoms. The van der Waals surface area contributed by atoms with Crippen molar-refractivity contribution in [1.29, 1.82) is 0 Å². The quantitative estimate of drug-likeness (QED) is 0.807. The largest absolute Gasteiger partial charge is 0.459 e. The van der Waals surface area contributed by atoms with Gasteiger partial charge in [-0.15, -0.1) is 0 Å². The summed E-state index contributed by atoms with van der Waals surface area (Å²) in [5.74, 6) is 0.176. The zero-order valence-corrected chi connectivity index (χ0v) is 8.30. The van der Waals surface area contributed by atoms with Crippen LogP contribution in [0.3, 0.4) is 0 Å². The molecule has 0 aliphatic heterocycles. The predicted octanol–water partition coefficient (Wildman–Crippen LogP) is 1.79. The molecule has 0 fully saturated rings. The third-order valence-corrected chi connectivity index (χ3v) is 2.33. The monoisotopic (exact) mass is 231 g/mol. The molecular formula is C8H10BrNO2. The van der Waals surface area contributed by atoms with E-state index in [1.54, 1.807) is 12.1 Å². The van der Waals surface area contributed by atoms with Gasteiger partial charge in [0.05, 0.1) is 6.26 Å². The summed E-state index contributed by atoms with van der Waals surface area (Å²) in [6.07, 6.45) is 1.48. The van der Waals surface area contributed by atoms with E-state index in [0.717, 1.165) is 5.33 Å². The van der Waals surface area contributed by atoms with Crippen molar-refractivity contribution in [2.24, 2.45) is 0 Å². The van der Waals surface area contributed by atoms with Crippen molar-refractivity contribution in [2.75, 3.05) is 5.33 Å². The summed E-state index contributed by atoms with van der Waals surface area (Å²) >= 11 is 3.26. The lowest BCUT2D eigenvalue weighted by Crippen LogP contribution is -2.33. The van der Waals surface area contributed by atoms with Gasteiger partial charge in [0, 0.05) is 11.4 Å². The number of alkyl halides is 1. The van der Waals surface area contributed by atoms with Crippen molar-refractivity contribution in [1.82, 2.24) is 5.32 Å². The lowest BCUT2D eigenvalue weighted by atomic mass is 10.3. The Balaban J connectivity index is 2.50. The van der Waals surface area contributed by atoms with E-state index in [-0.39, 0.29) is 11.9 Å². The standard InChI is InChI=1S/C8H10BrNO2/c1-6(5-9)10-8(11)7-3-2-4-12-7/h2-4,6H,5H2,1H3,(H,10,11). The maximum absolute atomic E-state index is 11.2. The van der Waals surface area contributed by atoms with Gasteiger partial charge in [-0.05, 0) is 19.1 Å². The van der Waals surface area contributed by atoms with Crippen molar-refractivity contribution in [3.05, 3.63) is 24.2 Å². The maximum Gasteiger partial charge on any atom is 0.287 e. The molecule has 1 aromatic heterocycles. The smallest absolute Gasteiger partial charge is 0.287 e. The summed E-state index contributed by atoms with van der Waals surface area (Å²) < 4.78 is 4.91. The van der Waals surface area contributed by atoms with E-state index < -0.39 is 0 Å². The molecule has 1 aromatic rings. The molecule has 0 saturated heterocycles. The lowest BCUT2D eigenvalue weighted by molar-refractivity contribution is 0.0916. The fraction of sp³-hybridized carbons (Fsp3) is 0.375. The van der Waals surface area contributed by atoms with Gasteiger partial charge in [-0.3, -0.25) is 4.79 Å². The van der Waals surface area contributed by atoms with Gasteiger partial charge in [0.1, 0.15) is 0 Å². The number of halogens is 1. The minimum Gasteiger partial charge on any atom is -0.459 e. The number of carbonyl (C=O) groups excluding carboxylic acids is 1. The van der Waals surface area contributed by atoms with Crippen LogP contribution in [0.2, 0.25) is 0 Å². The highest BCUT2D eigenvalue weighted by Crippen LogP contribution is 2.00. The fourth-order valence-electron chi connectivity index (χ4n) is 0.741. The zero-order valence-electron chi connectivity index (χ0n) is 6.71. The molecule has 0 radical (unpaired) electrons. The van der Waals surface area contributed by atoms with Crippen molar-refractivity contribution in [3.63, 3.8) is 0 Å². The first-order valence-corrected chi connectivity index (χ1v) is 4.76. The highest BCUT2D eigenvalue weighted by molar-refractivity contribution is 9.09. The van der Waals surface area contributed by atoms with Gasteiger partial charge in [-0.2, -0.15) is 0 Å². The number of carbonyl (C=O) groups is 1. The summed E-state index contributed by atoms with van der Waals surface area (Å²) in [6.45, 7) is 1.91. The molecule has 1 N–H and O–H groups in total. The molecule has 4 heteroatoms. The van der Waals surface area contributed by atoms with E-state index in [0.29, 0.717) is 5.76 Å². The number of furan rings is 1. The molecular weight excluding hydrogens is 222 g/mol. The molecule has 1 atom stereocenters. The van der Waals surface area contributed by atoms with E-state index in [9.17, 15) is 4.79 Å². The van der Waals surface area contributed by atoms with Crippen molar-refractivity contribution < 1.29 is 9.21 Å². The van der Waals surface area contributed by atoms with E-state index in [1.807, 2.05) is 6.92 Å². The molecule has 0 bridgehead atoms. The Hall–Kier alpha value is -0.770. The zero-order chi connectivity index (χ0) is 8.97. The lowest BCUT2D eigenvalue weighted by Gasteiger charge is -2.07. The Morgan fingerprint density at radius 3 is 3.08 bits per heavy atom. The van der Waals surface area contributed by atoms with Gasteiger partial charge in [-0.1, -0.05) is 15.9 Å². The molecule has 0 aliphatic rings. The molecule has 3 nitrogen and oxygen atoms in total. The minimum atomic E-state index is -0.174. The van der Waals surface area contributed by atoms with Crippen LogP contribution in [0.5, 0.6) is 0 Å².